The maximum absolute atomic E-state index is 12.2. The van der Waals surface area contributed by atoms with Crippen molar-refractivity contribution in [3.63, 3.8) is 0 Å². The molecule has 2 aromatic rings. The summed E-state index contributed by atoms with van der Waals surface area (Å²) in [5, 5.41) is 2.94. The lowest BCUT2D eigenvalue weighted by Gasteiger charge is -2.29. The van der Waals surface area contributed by atoms with Gasteiger partial charge in [0.05, 0.1) is 6.54 Å². The largest absolute Gasteiger partial charge is 0.490 e. The van der Waals surface area contributed by atoms with Gasteiger partial charge in [0.25, 0.3) is 0 Å². The summed E-state index contributed by atoms with van der Waals surface area (Å²) in [5.74, 6) is 0.827. The van der Waals surface area contributed by atoms with Crippen LogP contribution in [0.15, 0.2) is 48.8 Å². The number of hydrogen-bond acceptors (Lipinski definition) is 5. The number of likely N-dealkylation sites (N-methyl/N-ethyl adjacent to an activating group) is 1. The second-order valence-corrected chi connectivity index (χ2v) is 7.22. The lowest BCUT2D eigenvalue weighted by Crippen LogP contribution is -2.35. The Morgan fingerprint density at radius 2 is 1.85 bits per heavy atom. The van der Waals surface area contributed by atoms with E-state index in [4.69, 9.17) is 4.74 Å². The summed E-state index contributed by atoms with van der Waals surface area (Å²) in [6.07, 6.45) is 5.91. The van der Waals surface area contributed by atoms with Crippen molar-refractivity contribution in [3.05, 3.63) is 54.4 Å². The number of nitrogens with one attached hydrogen (secondary N) is 1. The molecule has 2 heterocycles. The van der Waals surface area contributed by atoms with Gasteiger partial charge in [-0.1, -0.05) is 0 Å². The third-order valence-corrected chi connectivity index (χ3v) is 4.72. The van der Waals surface area contributed by atoms with Crippen LogP contribution >= 0.6 is 0 Å². The smallest absolute Gasteiger partial charge is 0.238 e. The van der Waals surface area contributed by atoms with E-state index in [1.165, 1.54) is 0 Å². The van der Waals surface area contributed by atoms with E-state index < -0.39 is 0 Å². The Morgan fingerprint density at radius 1 is 1.19 bits per heavy atom. The molecule has 3 rings (SSSR count). The molecule has 27 heavy (non-hydrogen) atoms. The molecule has 1 fully saturated rings. The van der Waals surface area contributed by atoms with E-state index in [0.717, 1.165) is 42.9 Å². The molecule has 1 aromatic carbocycles. The highest BCUT2D eigenvalue weighted by Gasteiger charge is 2.18. The Morgan fingerprint density at radius 3 is 2.52 bits per heavy atom. The fraction of sp³-hybridized carbons (Fsp3) is 0.429. The zero-order valence-electron chi connectivity index (χ0n) is 16.1. The van der Waals surface area contributed by atoms with E-state index in [-0.39, 0.29) is 12.0 Å². The molecular formula is C21H28N4O2. The summed E-state index contributed by atoms with van der Waals surface area (Å²) in [7, 11) is 4.07. The molecule has 0 bridgehead atoms. The topological polar surface area (TPSA) is 57.7 Å². The van der Waals surface area contributed by atoms with Gasteiger partial charge in [0, 0.05) is 37.7 Å². The average molecular weight is 368 g/mol. The summed E-state index contributed by atoms with van der Waals surface area (Å²) in [6, 6.07) is 11.5. The highest BCUT2D eigenvalue weighted by molar-refractivity contribution is 5.92. The SMILES string of the molecule is CN1CCC(Oc2ccc(NC(=O)CN(C)Cc3ccncc3)cc2)CC1. The van der Waals surface area contributed by atoms with E-state index in [1.807, 2.05) is 48.3 Å². The number of rotatable bonds is 7. The Bertz CT molecular complexity index is 713. The van der Waals surface area contributed by atoms with Gasteiger partial charge in [0.1, 0.15) is 11.9 Å². The molecule has 0 saturated carbocycles. The third-order valence-electron chi connectivity index (χ3n) is 4.72. The van der Waals surface area contributed by atoms with Gasteiger partial charge in [-0.3, -0.25) is 14.7 Å². The van der Waals surface area contributed by atoms with Crippen LogP contribution in [0.3, 0.4) is 0 Å². The Labute approximate surface area is 161 Å². The van der Waals surface area contributed by atoms with Crippen LogP contribution in [0.5, 0.6) is 5.75 Å². The molecule has 6 nitrogen and oxygen atoms in total. The molecule has 1 aliphatic rings. The normalized spacial score (nSPS) is 15.7. The molecule has 1 saturated heterocycles. The predicted octanol–water partition coefficient (Wildman–Crippen LogP) is 2.63. The van der Waals surface area contributed by atoms with E-state index in [1.54, 1.807) is 12.4 Å². The second-order valence-electron chi connectivity index (χ2n) is 7.22. The summed E-state index contributed by atoms with van der Waals surface area (Å²) < 4.78 is 6.04. The van der Waals surface area contributed by atoms with Crippen LogP contribution in [0, 0.1) is 0 Å². The maximum atomic E-state index is 12.2. The number of pyridine rings is 1. The number of piperidine rings is 1. The lowest BCUT2D eigenvalue weighted by molar-refractivity contribution is -0.117. The number of anilines is 1. The van der Waals surface area contributed by atoms with Crippen LogP contribution in [0.2, 0.25) is 0 Å². The van der Waals surface area contributed by atoms with Gasteiger partial charge in [-0.25, -0.2) is 0 Å². The monoisotopic (exact) mass is 368 g/mol. The molecule has 1 aliphatic heterocycles. The number of benzene rings is 1. The van der Waals surface area contributed by atoms with Crippen molar-refractivity contribution in [3.8, 4) is 5.75 Å². The van der Waals surface area contributed by atoms with Gasteiger partial charge in [-0.15, -0.1) is 0 Å². The van der Waals surface area contributed by atoms with E-state index in [0.29, 0.717) is 13.1 Å². The first-order valence-corrected chi connectivity index (χ1v) is 9.41. The average Bonchev–Trinajstić information content (AvgIpc) is 2.66. The van der Waals surface area contributed by atoms with Gasteiger partial charge in [0.2, 0.25) is 5.91 Å². The summed E-state index contributed by atoms with van der Waals surface area (Å²) in [5.41, 5.74) is 1.92. The van der Waals surface area contributed by atoms with Gasteiger partial charge in [-0.2, -0.15) is 0 Å². The molecule has 144 valence electrons. The van der Waals surface area contributed by atoms with Crippen molar-refractivity contribution in [2.75, 3.05) is 39.0 Å². The fourth-order valence-electron chi connectivity index (χ4n) is 3.21. The van der Waals surface area contributed by atoms with Crippen LogP contribution in [0.25, 0.3) is 0 Å². The third kappa shape index (κ3) is 6.34. The van der Waals surface area contributed by atoms with Crippen molar-refractivity contribution in [2.24, 2.45) is 0 Å². The lowest BCUT2D eigenvalue weighted by atomic mass is 10.1. The minimum absolute atomic E-state index is 0.0319. The molecule has 1 aromatic heterocycles. The first kappa shape index (κ1) is 19.3. The van der Waals surface area contributed by atoms with Crippen molar-refractivity contribution in [1.82, 2.24) is 14.8 Å². The Kier molecular flexibility index (Phi) is 6.79. The van der Waals surface area contributed by atoms with E-state index in [2.05, 4.69) is 22.2 Å². The summed E-state index contributed by atoms with van der Waals surface area (Å²) >= 11 is 0. The zero-order chi connectivity index (χ0) is 19.1. The van der Waals surface area contributed by atoms with Gasteiger partial charge >= 0.3 is 0 Å². The van der Waals surface area contributed by atoms with Gasteiger partial charge in [-0.05, 0) is 68.9 Å². The molecule has 1 amide bonds. The minimum Gasteiger partial charge on any atom is -0.490 e. The number of carbonyl (C=O) groups excluding carboxylic acids is 1. The van der Waals surface area contributed by atoms with E-state index >= 15 is 0 Å². The first-order valence-electron chi connectivity index (χ1n) is 9.41. The number of hydrogen-bond donors (Lipinski definition) is 1. The quantitative estimate of drug-likeness (QED) is 0.814. The molecule has 0 unspecified atom stereocenters. The van der Waals surface area contributed by atoms with Crippen LogP contribution in [-0.2, 0) is 11.3 Å². The summed E-state index contributed by atoms with van der Waals surface area (Å²) in [4.78, 5) is 20.5. The van der Waals surface area contributed by atoms with E-state index in [9.17, 15) is 4.79 Å². The maximum Gasteiger partial charge on any atom is 0.238 e. The van der Waals surface area contributed by atoms with Gasteiger partial charge in [0.15, 0.2) is 0 Å². The zero-order valence-corrected chi connectivity index (χ0v) is 16.1. The fourth-order valence-corrected chi connectivity index (χ4v) is 3.21. The van der Waals surface area contributed by atoms with Gasteiger partial charge < -0.3 is 15.0 Å². The highest BCUT2D eigenvalue weighted by atomic mass is 16.5. The second kappa shape index (κ2) is 9.48. The first-order chi connectivity index (χ1) is 13.1. The molecule has 6 heteroatoms. The standard InChI is InChI=1S/C21H28N4O2/c1-24-13-9-20(10-14-24)27-19-5-3-18(4-6-19)23-21(26)16-25(2)15-17-7-11-22-12-8-17/h3-8,11-12,20H,9-10,13-16H2,1-2H3,(H,23,26). The number of nitrogens with zero attached hydrogens (tertiary/aromatic N) is 3. The van der Waals surface area contributed by atoms with Crippen molar-refractivity contribution >= 4 is 11.6 Å². The summed E-state index contributed by atoms with van der Waals surface area (Å²) in [6.45, 7) is 3.19. The van der Waals surface area contributed by atoms with Crippen LogP contribution in [0.4, 0.5) is 5.69 Å². The van der Waals surface area contributed by atoms with Crippen LogP contribution in [-0.4, -0.2) is 60.5 Å². The Balaban J connectivity index is 1.44. The van der Waals surface area contributed by atoms with Crippen LogP contribution < -0.4 is 10.1 Å². The number of carbonyl (C=O) groups is 1. The molecule has 0 radical (unpaired) electrons. The number of likely N-dealkylation sites (tertiary alicyclic amines) is 1. The molecular weight excluding hydrogens is 340 g/mol. The molecule has 1 N–H and O–H groups in total. The minimum atomic E-state index is -0.0319. The molecule has 0 aliphatic carbocycles. The van der Waals surface area contributed by atoms with Crippen LogP contribution in [0.1, 0.15) is 18.4 Å². The predicted molar refractivity (Wildman–Crippen MR) is 107 cm³/mol. The molecule has 0 atom stereocenters. The molecule has 0 spiro atoms. The number of ether oxygens (including phenoxy) is 1. The van der Waals surface area contributed by atoms with Crippen molar-refractivity contribution in [2.45, 2.75) is 25.5 Å². The van der Waals surface area contributed by atoms with Crippen molar-refractivity contribution in [1.29, 1.82) is 0 Å². The van der Waals surface area contributed by atoms with Crippen molar-refractivity contribution < 1.29 is 9.53 Å². The highest BCUT2D eigenvalue weighted by Crippen LogP contribution is 2.20. The number of amides is 1. The number of aromatic nitrogens is 1. The Hall–Kier alpha value is -2.44.